The van der Waals surface area contributed by atoms with Crippen LogP contribution in [0.25, 0.3) is 0 Å². The molecule has 1 amide bonds. The van der Waals surface area contributed by atoms with Crippen LogP contribution in [0.2, 0.25) is 0 Å². The van der Waals surface area contributed by atoms with Gasteiger partial charge in [0.25, 0.3) is 5.91 Å². The molecular formula is C13H18BrNO3S. The first-order valence-electron chi connectivity index (χ1n) is 6.14. The van der Waals surface area contributed by atoms with Gasteiger partial charge in [0, 0.05) is 22.8 Å². The van der Waals surface area contributed by atoms with E-state index in [4.69, 9.17) is 0 Å². The van der Waals surface area contributed by atoms with Crippen molar-refractivity contribution in [1.29, 1.82) is 0 Å². The molecule has 6 heteroatoms. The lowest BCUT2D eigenvalue weighted by Gasteiger charge is -2.07. The SMILES string of the molecule is CCCCCNC(=O)c1ccc(S(C)(=O)=O)c(Br)c1. The van der Waals surface area contributed by atoms with Gasteiger partial charge in [-0.1, -0.05) is 19.8 Å². The van der Waals surface area contributed by atoms with Crippen molar-refractivity contribution in [3.63, 3.8) is 0 Å². The Balaban J connectivity index is 2.75. The Morgan fingerprint density at radius 3 is 2.53 bits per heavy atom. The minimum Gasteiger partial charge on any atom is -0.352 e. The van der Waals surface area contributed by atoms with Crippen LogP contribution in [0.4, 0.5) is 0 Å². The van der Waals surface area contributed by atoms with Crippen molar-refractivity contribution >= 4 is 31.7 Å². The third kappa shape index (κ3) is 4.95. The summed E-state index contributed by atoms with van der Waals surface area (Å²) in [5.41, 5.74) is 0.454. The van der Waals surface area contributed by atoms with Crippen LogP contribution in [0, 0.1) is 0 Å². The number of carbonyl (C=O) groups excluding carboxylic acids is 1. The highest BCUT2D eigenvalue weighted by Crippen LogP contribution is 2.23. The lowest BCUT2D eigenvalue weighted by Crippen LogP contribution is -2.24. The predicted octanol–water partition coefficient (Wildman–Crippen LogP) is 2.77. The van der Waals surface area contributed by atoms with Crippen molar-refractivity contribution in [3.8, 4) is 0 Å². The number of hydrogen-bond donors (Lipinski definition) is 1. The zero-order valence-corrected chi connectivity index (χ0v) is 13.5. The van der Waals surface area contributed by atoms with Crippen LogP contribution in [-0.4, -0.2) is 27.1 Å². The van der Waals surface area contributed by atoms with Crippen LogP contribution in [0.15, 0.2) is 27.6 Å². The number of unbranched alkanes of at least 4 members (excludes halogenated alkanes) is 2. The third-order valence-corrected chi connectivity index (χ3v) is 4.73. The second-order valence-corrected chi connectivity index (χ2v) is 7.22. The van der Waals surface area contributed by atoms with Gasteiger partial charge in [0.2, 0.25) is 0 Å². The summed E-state index contributed by atoms with van der Waals surface area (Å²) in [6.45, 7) is 2.74. The standard InChI is InChI=1S/C13H18BrNO3S/c1-3-4-5-8-15-13(16)10-6-7-12(11(14)9-10)19(2,17)18/h6-7,9H,3-5,8H2,1-2H3,(H,15,16). The Morgan fingerprint density at radius 1 is 1.32 bits per heavy atom. The zero-order valence-electron chi connectivity index (χ0n) is 11.1. The van der Waals surface area contributed by atoms with Crippen LogP contribution in [-0.2, 0) is 9.84 Å². The molecule has 4 nitrogen and oxygen atoms in total. The Labute approximate surface area is 122 Å². The van der Waals surface area contributed by atoms with Gasteiger partial charge in [-0.05, 0) is 40.5 Å². The zero-order chi connectivity index (χ0) is 14.5. The molecule has 0 saturated carbocycles. The Bertz CT molecular complexity index is 555. The highest BCUT2D eigenvalue weighted by atomic mass is 79.9. The quantitative estimate of drug-likeness (QED) is 0.804. The summed E-state index contributed by atoms with van der Waals surface area (Å²) in [5, 5.41) is 2.81. The summed E-state index contributed by atoms with van der Waals surface area (Å²) in [7, 11) is -3.28. The third-order valence-electron chi connectivity index (χ3n) is 2.66. The summed E-state index contributed by atoms with van der Waals surface area (Å²) in [6.07, 6.45) is 4.27. The van der Waals surface area contributed by atoms with Gasteiger partial charge in [-0.15, -0.1) is 0 Å². The van der Waals surface area contributed by atoms with E-state index in [2.05, 4.69) is 28.2 Å². The summed E-state index contributed by atoms with van der Waals surface area (Å²) in [5.74, 6) is -0.183. The molecule has 0 fully saturated rings. The minimum absolute atomic E-state index is 0.183. The largest absolute Gasteiger partial charge is 0.352 e. The van der Waals surface area contributed by atoms with Gasteiger partial charge in [-0.2, -0.15) is 0 Å². The van der Waals surface area contributed by atoms with Crippen LogP contribution in [0.5, 0.6) is 0 Å². The van der Waals surface area contributed by atoms with E-state index in [9.17, 15) is 13.2 Å². The first-order valence-corrected chi connectivity index (χ1v) is 8.82. The summed E-state index contributed by atoms with van der Waals surface area (Å²) < 4.78 is 23.3. The lowest BCUT2D eigenvalue weighted by molar-refractivity contribution is 0.0953. The smallest absolute Gasteiger partial charge is 0.251 e. The van der Waals surface area contributed by atoms with Gasteiger partial charge in [0.1, 0.15) is 0 Å². The van der Waals surface area contributed by atoms with E-state index in [0.29, 0.717) is 16.6 Å². The maximum Gasteiger partial charge on any atom is 0.251 e. The van der Waals surface area contributed by atoms with E-state index < -0.39 is 9.84 Å². The van der Waals surface area contributed by atoms with Gasteiger partial charge < -0.3 is 5.32 Å². The molecule has 0 unspecified atom stereocenters. The molecule has 0 bridgehead atoms. The first-order chi connectivity index (χ1) is 8.86. The molecule has 1 aromatic carbocycles. The molecule has 0 aliphatic carbocycles. The molecule has 0 aliphatic heterocycles. The Hall–Kier alpha value is -0.880. The van der Waals surface area contributed by atoms with Crippen LogP contribution < -0.4 is 5.32 Å². The number of hydrogen-bond acceptors (Lipinski definition) is 3. The van der Waals surface area contributed by atoms with E-state index in [1.165, 1.54) is 18.2 Å². The molecule has 0 heterocycles. The maximum atomic E-state index is 11.8. The summed E-state index contributed by atoms with van der Waals surface area (Å²) in [6, 6.07) is 4.50. The molecule has 1 aromatic rings. The predicted molar refractivity (Wildman–Crippen MR) is 79.1 cm³/mol. The van der Waals surface area contributed by atoms with Crippen molar-refractivity contribution in [3.05, 3.63) is 28.2 Å². The van der Waals surface area contributed by atoms with Crippen molar-refractivity contribution in [2.45, 2.75) is 31.1 Å². The molecule has 0 radical (unpaired) electrons. The number of carbonyl (C=O) groups is 1. The van der Waals surface area contributed by atoms with E-state index in [0.717, 1.165) is 25.5 Å². The van der Waals surface area contributed by atoms with Crippen molar-refractivity contribution < 1.29 is 13.2 Å². The highest BCUT2D eigenvalue weighted by molar-refractivity contribution is 9.10. The number of nitrogens with one attached hydrogen (secondary N) is 1. The molecule has 0 spiro atoms. The van der Waals surface area contributed by atoms with Crippen molar-refractivity contribution in [2.24, 2.45) is 0 Å². The van der Waals surface area contributed by atoms with Crippen LogP contribution in [0.1, 0.15) is 36.5 Å². The van der Waals surface area contributed by atoms with E-state index in [1.807, 2.05) is 0 Å². The van der Waals surface area contributed by atoms with Crippen LogP contribution >= 0.6 is 15.9 Å². The molecule has 0 atom stereocenters. The lowest BCUT2D eigenvalue weighted by atomic mass is 10.2. The molecular weight excluding hydrogens is 330 g/mol. The Morgan fingerprint density at radius 2 is 2.00 bits per heavy atom. The van der Waals surface area contributed by atoms with E-state index in [-0.39, 0.29) is 10.8 Å². The average molecular weight is 348 g/mol. The van der Waals surface area contributed by atoms with E-state index in [1.54, 1.807) is 0 Å². The Kier molecular flexibility index (Phi) is 6.00. The molecule has 1 N–H and O–H groups in total. The normalized spacial score (nSPS) is 11.3. The highest BCUT2D eigenvalue weighted by Gasteiger charge is 2.14. The molecule has 1 rings (SSSR count). The number of halogens is 1. The minimum atomic E-state index is -3.28. The first kappa shape index (κ1) is 16.2. The monoisotopic (exact) mass is 347 g/mol. The number of sulfone groups is 1. The van der Waals surface area contributed by atoms with Gasteiger partial charge in [-0.3, -0.25) is 4.79 Å². The van der Waals surface area contributed by atoms with Gasteiger partial charge in [0.05, 0.1) is 4.90 Å². The van der Waals surface area contributed by atoms with E-state index >= 15 is 0 Å². The maximum absolute atomic E-state index is 11.8. The average Bonchev–Trinajstić information content (AvgIpc) is 2.32. The second kappa shape index (κ2) is 7.05. The molecule has 0 aromatic heterocycles. The molecule has 0 saturated heterocycles. The fourth-order valence-corrected chi connectivity index (χ4v) is 3.61. The summed E-state index contributed by atoms with van der Waals surface area (Å²) in [4.78, 5) is 12.0. The molecule has 0 aliphatic rings. The topological polar surface area (TPSA) is 63.2 Å². The number of benzene rings is 1. The molecule has 106 valence electrons. The van der Waals surface area contributed by atoms with Crippen LogP contribution in [0.3, 0.4) is 0 Å². The van der Waals surface area contributed by atoms with Gasteiger partial charge >= 0.3 is 0 Å². The second-order valence-electron chi connectivity index (χ2n) is 4.38. The fourth-order valence-electron chi connectivity index (χ4n) is 1.62. The summed E-state index contributed by atoms with van der Waals surface area (Å²) >= 11 is 3.19. The van der Waals surface area contributed by atoms with Gasteiger partial charge in [-0.25, -0.2) is 8.42 Å². The van der Waals surface area contributed by atoms with Crippen molar-refractivity contribution in [1.82, 2.24) is 5.32 Å². The fraction of sp³-hybridized carbons (Fsp3) is 0.462. The molecule has 19 heavy (non-hydrogen) atoms. The van der Waals surface area contributed by atoms with Crippen molar-refractivity contribution in [2.75, 3.05) is 12.8 Å². The van der Waals surface area contributed by atoms with Gasteiger partial charge in [0.15, 0.2) is 9.84 Å². The number of rotatable bonds is 6. The number of amides is 1.